The summed E-state index contributed by atoms with van der Waals surface area (Å²) < 4.78 is 0. The van der Waals surface area contributed by atoms with E-state index < -0.39 is 5.91 Å². The number of nitrogens with one attached hydrogen (secondary N) is 1. The van der Waals surface area contributed by atoms with Crippen LogP contribution in [0.2, 0.25) is 0 Å². The van der Waals surface area contributed by atoms with Gasteiger partial charge in [-0.1, -0.05) is 19.9 Å². The van der Waals surface area contributed by atoms with Crippen LogP contribution in [-0.4, -0.2) is 47.2 Å². The molecule has 0 saturated carbocycles. The lowest BCUT2D eigenvalue weighted by Gasteiger charge is -2.19. The van der Waals surface area contributed by atoms with Gasteiger partial charge in [0.1, 0.15) is 17.1 Å². The van der Waals surface area contributed by atoms with Gasteiger partial charge in [-0.3, -0.25) is 4.79 Å². The summed E-state index contributed by atoms with van der Waals surface area (Å²) in [5.74, 6) is -0.875. The van der Waals surface area contributed by atoms with E-state index in [1.54, 1.807) is 0 Å². The molecule has 3 N–H and O–H groups in total. The van der Waals surface area contributed by atoms with Gasteiger partial charge in [-0.2, -0.15) is 0 Å². The third kappa shape index (κ3) is 4.44. The minimum atomic E-state index is -0.455. The third-order valence-electron chi connectivity index (χ3n) is 2.95. The molecule has 1 amide bonds. The molecular formula is C14H22N2O3. The lowest BCUT2D eigenvalue weighted by Crippen LogP contribution is -2.35. The van der Waals surface area contributed by atoms with E-state index in [2.05, 4.69) is 24.1 Å². The topological polar surface area (TPSA) is 72.8 Å². The van der Waals surface area contributed by atoms with E-state index in [9.17, 15) is 15.0 Å². The smallest absolute Gasteiger partial charge is 0.258 e. The molecule has 0 fully saturated rings. The lowest BCUT2D eigenvalue weighted by atomic mass is 10.1. The van der Waals surface area contributed by atoms with Crippen molar-refractivity contribution in [3.63, 3.8) is 0 Å². The second-order valence-corrected chi connectivity index (χ2v) is 4.36. The van der Waals surface area contributed by atoms with Crippen molar-refractivity contribution < 1.29 is 15.0 Å². The van der Waals surface area contributed by atoms with Crippen molar-refractivity contribution in [1.29, 1.82) is 0 Å². The molecule has 19 heavy (non-hydrogen) atoms. The molecule has 1 aromatic carbocycles. The van der Waals surface area contributed by atoms with Gasteiger partial charge < -0.3 is 20.4 Å². The van der Waals surface area contributed by atoms with Crippen molar-refractivity contribution in [2.45, 2.75) is 20.3 Å². The van der Waals surface area contributed by atoms with Crippen molar-refractivity contribution >= 4 is 5.91 Å². The highest BCUT2D eigenvalue weighted by atomic mass is 16.3. The first-order chi connectivity index (χ1) is 9.10. The number of likely N-dealkylation sites (N-methyl/N-ethyl adjacent to an activating group) is 1. The number of rotatable bonds is 7. The van der Waals surface area contributed by atoms with Crippen molar-refractivity contribution in [3.8, 4) is 11.5 Å². The van der Waals surface area contributed by atoms with Crippen LogP contribution in [0.25, 0.3) is 0 Å². The Labute approximate surface area is 113 Å². The van der Waals surface area contributed by atoms with Gasteiger partial charge >= 0.3 is 0 Å². The molecule has 0 aliphatic carbocycles. The Bertz CT molecular complexity index is 401. The number of phenols is 2. The standard InChI is InChI=1S/C14H22N2O3/c1-3-9-16(4-2)10-8-15-14(19)13-11(17)6-5-7-12(13)18/h5-7,17-18H,3-4,8-10H2,1-2H3,(H,15,19). The van der Waals surface area contributed by atoms with Crippen LogP contribution >= 0.6 is 0 Å². The van der Waals surface area contributed by atoms with Crippen LogP contribution in [-0.2, 0) is 0 Å². The zero-order chi connectivity index (χ0) is 14.3. The largest absolute Gasteiger partial charge is 0.507 e. The number of amides is 1. The van der Waals surface area contributed by atoms with Gasteiger partial charge in [0.2, 0.25) is 0 Å². The van der Waals surface area contributed by atoms with Crippen molar-refractivity contribution in [3.05, 3.63) is 23.8 Å². The van der Waals surface area contributed by atoms with Crippen LogP contribution in [0.1, 0.15) is 30.6 Å². The van der Waals surface area contributed by atoms with Crippen LogP contribution in [0.5, 0.6) is 11.5 Å². The molecule has 1 aromatic rings. The summed E-state index contributed by atoms with van der Waals surface area (Å²) in [7, 11) is 0. The predicted molar refractivity (Wildman–Crippen MR) is 74.5 cm³/mol. The fourth-order valence-corrected chi connectivity index (χ4v) is 1.92. The quantitative estimate of drug-likeness (QED) is 0.700. The molecule has 1 rings (SSSR count). The van der Waals surface area contributed by atoms with Crippen LogP contribution in [0.3, 0.4) is 0 Å². The molecule has 0 aliphatic heterocycles. The second-order valence-electron chi connectivity index (χ2n) is 4.36. The molecule has 106 valence electrons. The Kier molecular flexibility index (Phi) is 6.15. The second kappa shape index (κ2) is 7.63. The van der Waals surface area contributed by atoms with Gasteiger partial charge in [0, 0.05) is 13.1 Å². The monoisotopic (exact) mass is 266 g/mol. The summed E-state index contributed by atoms with van der Waals surface area (Å²) in [5.41, 5.74) is -0.0685. The van der Waals surface area contributed by atoms with Crippen molar-refractivity contribution in [2.24, 2.45) is 0 Å². The van der Waals surface area contributed by atoms with Gasteiger partial charge in [0.05, 0.1) is 0 Å². The van der Waals surface area contributed by atoms with Gasteiger partial charge in [0.25, 0.3) is 5.91 Å². The van der Waals surface area contributed by atoms with Gasteiger partial charge in [-0.25, -0.2) is 0 Å². The summed E-state index contributed by atoms with van der Waals surface area (Å²) in [5, 5.41) is 21.8. The number of carbonyl (C=O) groups excluding carboxylic acids is 1. The fraction of sp³-hybridized carbons (Fsp3) is 0.500. The SMILES string of the molecule is CCCN(CC)CCNC(=O)c1c(O)cccc1O. The zero-order valence-corrected chi connectivity index (χ0v) is 11.5. The first-order valence-corrected chi connectivity index (χ1v) is 6.61. The molecule has 5 nitrogen and oxygen atoms in total. The number of benzene rings is 1. The Morgan fingerprint density at radius 2 is 1.84 bits per heavy atom. The average Bonchev–Trinajstić information content (AvgIpc) is 2.37. The highest BCUT2D eigenvalue weighted by Crippen LogP contribution is 2.25. The van der Waals surface area contributed by atoms with E-state index in [4.69, 9.17) is 0 Å². The summed E-state index contributed by atoms with van der Waals surface area (Å²) in [4.78, 5) is 14.1. The number of carbonyl (C=O) groups is 1. The van der Waals surface area contributed by atoms with E-state index >= 15 is 0 Å². The minimum absolute atomic E-state index is 0.0685. The van der Waals surface area contributed by atoms with Crippen molar-refractivity contribution in [1.82, 2.24) is 10.2 Å². The molecule has 0 aromatic heterocycles. The van der Waals surface area contributed by atoms with Crippen LogP contribution in [0.4, 0.5) is 0 Å². The van der Waals surface area contributed by atoms with E-state index in [-0.39, 0.29) is 17.1 Å². The fourth-order valence-electron chi connectivity index (χ4n) is 1.92. The molecule has 0 unspecified atom stereocenters. The third-order valence-corrected chi connectivity index (χ3v) is 2.95. The van der Waals surface area contributed by atoms with Crippen LogP contribution < -0.4 is 5.32 Å². The summed E-state index contributed by atoms with van der Waals surface area (Å²) >= 11 is 0. The van der Waals surface area contributed by atoms with Crippen LogP contribution in [0, 0.1) is 0 Å². The number of hydrogen-bond donors (Lipinski definition) is 3. The molecular weight excluding hydrogens is 244 g/mol. The van der Waals surface area contributed by atoms with E-state index in [1.807, 2.05) is 0 Å². The molecule has 0 spiro atoms. The number of hydrogen-bond acceptors (Lipinski definition) is 4. The molecule has 0 aliphatic rings. The first-order valence-electron chi connectivity index (χ1n) is 6.61. The molecule has 0 atom stereocenters. The van der Waals surface area contributed by atoms with E-state index in [0.717, 1.165) is 26.1 Å². The zero-order valence-electron chi connectivity index (χ0n) is 11.5. The summed E-state index contributed by atoms with van der Waals surface area (Å²) in [6.07, 6.45) is 1.07. The Morgan fingerprint density at radius 1 is 1.21 bits per heavy atom. The molecule has 0 saturated heterocycles. The van der Waals surface area contributed by atoms with E-state index in [1.165, 1.54) is 18.2 Å². The Balaban J connectivity index is 2.52. The lowest BCUT2D eigenvalue weighted by molar-refractivity contribution is 0.0943. The maximum Gasteiger partial charge on any atom is 0.258 e. The molecule has 0 radical (unpaired) electrons. The van der Waals surface area contributed by atoms with E-state index in [0.29, 0.717) is 6.54 Å². The normalized spacial score (nSPS) is 10.7. The molecule has 0 bridgehead atoms. The van der Waals surface area contributed by atoms with Gasteiger partial charge in [-0.15, -0.1) is 0 Å². The Hall–Kier alpha value is -1.75. The maximum absolute atomic E-state index is 11.9. The molecule has 5 heteroatoms. The van der Waals surface area contributed by atoms with Crippen LogP contribution in [0.15, 0.2) is 18.2 Å². The summed E-state index contributed by atoms with van der Waals surface area (Å²) in [6, 6.07) is 4.25. The highest BCUT2D eigenvalue weighted by Gasteiger charge is 2.15. The number of aromatic hydroxyl groups is 2. The highest BCUT2D eigenvalue weighted by molar-refractivity contribution is 5.99. The van der Waals surface area contributed by atoms with Gasteiger partial charge in [0.15, 0.2) is 0 Å². The number of nitrogens with zero attached hydrogens (tertiary/aromatic N) is 1. The number of phenolic OH excluding ortho intramolecular Hbond substituents is 2. The molecule has 0 heterocycles. The summed E-state index contributed by atoms with van der Waals surface area (Å²) in [6.45, 7) is 7.36. The first kappa shape index (κ1) is 15.3. The average molecular weight is 266 g/mol. The maximum atomic E-state index is 11.9. The Morgan fingerprint density at radius 3 is 2.37 bits per heavy atom. The minimum Gasteiger partial charge on any atom is -0.507 e. The van der Waals surface area contributed by atoms with Gasteiger partial charge in [-0.05, 0) is 31.6 Å². The van der Waals surface area contributed by atoms with Crippen molar-refractivity contribution in [2.75, 3.05) is 26.2 Å². The predicted octanol–water partition coefficient (Wildman–Crippen LogP) is 1.56.